The molecular weight excluding hydrogens is 336 g/mol. The van der Waals surface area contributed by atoms with Gasteiger partial charge in [0.05, 0.1) is 10.5 Å². The molecule has 2 aromatic rings. The van der Waals surface area contributed by atoms with Crippen LogP contribution in [0.4, 0.5) is 11.4 Å². The molecule has 7 nitrogen and oxygen atoms in total. The van der Waals surface area contributed by atoms with Gasteiger partial charge in [0.1, 0.15) is 0 Å². The van der Waals surface area contributed by atoms with E-state index in [0.29, 0.717) is 16.3 Å². The Morgan fingerprint density at radius 2 is 2.00 bits per heavy atom. The molecule has 0 aliphatic heterocycles. The third-order valence-corrected chi connectivity index (χ3v) is 3.32. The number of amides is 1. The first-order chi connectivity index (χ1) is 11.4. The van der Waals surface area contributed by atoms with Crippen molar-refractivity contribution in [2.24, 2.45) is 0 Å². The van der Waals surface area contributed by atoms with Gasteiger partial charge in [0.2, 0.25) is 0 Å². The average Bonchev–Trinajstić information content (AvgIpc) is 2.52. The Hall–Kier alpha value is -2.93. The smallest absolute Gasteiger partial charge is 0.338 e. The fourth-order valence-electron chi connectivity index (χ4n) is 1.91. The van der Waals surface area contributed by atoms with Gasteiger partial charge < -0.3 is 10.1 Å². The molecule has 0 heterocycles. The van der Waals surface area contributed by atoms with Crippen LogP contribution in [0.3, 0.4) is 0 Å². The highest BCUT2D eigenvalue weighted by molar-refractivity contribution is 6.30. The van der Waals surface area contributed by atoms with Crippen molar-refractivity contribution in [1.82, 2.24) is 0 Å². The van der Waals surface area contributed by atoms with E-state index in [9.17, 15) is 19.7 Å². The summed E-state index contributed by atoms with van der Waals surface area (Å²) in [5, 5.41) is 13.8. The quantitative estimate of drug-likeness (QED) is 0.507. The zero-order valence-corrected chi connectivity index (χ0v) is 13.4. The van der Waals surface area contributed by atoms with Gasteiger partial charge in [-0.05, 0) is 31.2 Å². The molecule has 2 rings (SSSR count). The maximum absolute atomic E-state index is 11.9. The van der Waals surface area contributed by atoms with Crippen LogP contribution in [0.15, 0.2) is 42.5 Å². The maximum atomic E-state index is 11.9. The minimum Gasteiger partial charge on any atom is -0.452 e. The molecule has 1 N–H and O–H groups in total. The van der Waals surface area contributed by atoms with Crippen molar-refractivity contribution >= 4 is 34.9 Å². The second kappa shape index (κ2) is 7.56. The summed E-state index contributed by atoms with van der Waals surface area (Å²) in [5.41, 5.74) is 0.709. The first kappa shape index (κ1) is 17.4. The van der Waals surface area contributed by atoms with Crippen molar-refractivity contribution in [2.45, 2.75) is 6.92 Å². The number of aryl methyl sites for hydroxylation is 1. The van der Waals surface area contributed by atoms with E-state index in [-0.39, 0.29) is 11.3 Å². The Kier molecular flexibility index (Phi) is 5.49. The topological polar surface area (TPSA) is 98.5 Å². The van der Waals surface area contributed by atoms with Crippen LogP contribution in [0.1, 0.15) is 15.9 Å². The van der Waals surface area contributed by atoms with Gasteiger partial charge in [-0.1, -0.05) is 23.7 Å². The number of anilines is 1. The highest BCUT2D eigenvalue weighted by atomic mass is 35.5. The van der Waals surface area contributed by atoms with E-state index in [2.05, 4.69) is 5.32 Å². The van der Waals surface area contributed by atoms with E-state index in [1.54, 1.807) is 31.2 Å². The highest BCUT2D eigenvalue weighted by Gasteiger charge is 2.16. The molecule has 0 bridgehead atoms. The number of nitro benzene ring substituents is 1. The predicted molar refractivity (Wildman–Crippen MR) is 88.2 cm³/mol. The maximum Gasteiger partial charge on any atom is 0.338 e. The van der Waals surface area contributed by atoms with Crippen molar-refractivity contribution in [1.29, 1.82) is 0 Å². The van der Waals surface area contributed by atoms with Crippen LogP contribution in [0.25, 0.3) is 0 Å². The monoisotopic (exact) mass is 348 g/mol. The summed E-state index contributed by atoms with van der Waals surface area (Å²) in [4.78, 5) is 33.9. The van der Waals surface area contributed by atoms with Gasteiger partial charge in [0.25, 0.3) is 11.6 Å². The SMILES string of the molecule is Cc1ccc(C(=O)OCC(=O)Nc2cccc(Cl)c2)cc1[N+](=O)[O-]. The number of benzene rings is 2. The van der Waals surface area contributed by atoms with Gasteiger partial charge in [-0.25, -0.2) is 4.79 Å². The number of esters is 1. The van der Waals surface area contributed by atoms with Gasteiger partial charge in [0, 0.05) is 22.3 Å². The number of hydrogen-bond donors (Lipinski definition) is 1. The second-order valence-electron chi connectivity index (χ2n) is 4.89. The third-order valence-electron chi connectivity index (χ3n) is 3.08. The van der Waals surface area contributed by atoms with Crippen LogP contribution >= 0.6 is 11.6 Å². The first-order valence-corrected chi connectivity index (χ1v) is 7.22. The molecule has 0 saturated carbocycles. The number of rotatable bonds is 5. The summed E-state index contributed by atoms with van der Waals surface area (Å²) in [6, 6.07) is 10.5. The van der Waals surface area contributed by atoms with Crippen LogP contribution in [0.5, 0.6) is 0 Å². The highest BCUT2D eigenvalue weighted by Crippen LogP contribution is 2.20. The first-order valence-electron chi connectivity index (χ1n) is 6.84. The molecule has 0 atom stereocenters. The Balaban J connectivity index is 1.96. The Labute approximate surface area is 142 Å². The molecule has 0 radical (unpaired) electrons. The van der Waals surface area contributed by atoms with E-state index in [1.807, 2.05) is 0 Å². The third kappa shape index (κ3) is 4.53. The largest absolute Gasteiger partial charge is 0.452 e. The van der Waals surface area contributed by atoms with Gasteiger partial charge >= 0.3 is 5.97 Å². The number of carbonyl (C=O) groups excluding carboxylic acids is 2. The zero-order chi connectivity index (χ0) is 17.7. The fraction of sp³-hybridized carbons (Fsp3) is 0.125. The number of ether oxygens (including phenoxy) is 1. The van der Waals surface area contributed by atoms with Crippen molar-refractivity contribution in [3.8, 4) is 0 Å². The number of hydrogen-bond acceptors (Lipinski definition) is 5. The molecule has 8 heteroatoms. The molecule has 2 aromatic carbocycles. The van der Waals surface area contributed by atoms with Crippen LogP contribution in [0, 0.1) is 17.0 Å². The standard InChI is InChI=1S/C16H13ClN2O5/c1-10-5-6-11(7-14(10)19(22)23)16(21)24-9-15(20)18-13-4-2-3-12(17)8-13/h2-8H,9H2,1H3,(H,18,20). The summed E-state index contributed by atoms with van der Waals surface area (Å²) in [5.74, 6) is -1.37. The summed E-state index contributed by atoms with van der Waals surface area (Å²) in [6.07, 6.45) is 0. The van der Waals surface area contributed by atoms with Crippen LogP contribution in [0.2, 0.25) is 5.02 Å². The Morgan fingerprint density at radius 3 is 2.67 bits per heavy atom. The van der Waals surface area contributed by atoms with Crippen molar-refractivity contribution in [3.63, 3.8) is 0 Å². The minimum absolute atomic E-state index is 0.00264. The van der Waals surface area contributed by atoms with Crippen molar-refractivity contribution in [2.75, 3.05) is 11.9 Å². The predicted octanol–water partition coefficient (Wildman–Crippen LogP) is 3.35. The molecule has 0 spiro atoms. The van der Waals surface area contributed by atoms with Crippen LogP contribution < -0.4 is 5.32 Å². The van der Waals surface area contributed by atoms with Crippen LogP contribution in [-0.4, -0.2) is 23.4 Å². The lowest BCUT2D eigenvalue weighted by Crippen LogP contribution is -2.21. The average molecular weight is 349 g/mol. The molecule has 0 aliphatic carbocycles. The normalized spacial score (nSPS) is 10.1. The summed E-state index contributed by atoms with van der Waals surface area (Å²) >= 11 is 5.80. The molecule has 0 saturated heterocycles. The van der Waals surface area contributed by atoms with E-state index in [0.717, 1.165) is 6.07 Å². The molecule has 24 heavy (non-hydrogen) atoms. The van der Waals surface area contributed by atoms with Crippen LogP contribution in [-0.2, 0) is 9.53 Å². The van der Waals surface area contributed by atoms with Gasteiger partial charge in [-0.3, -0.25) is 14.9 Å². The van der Waals surface area contributed by atoms with E-state index < -0.39 is 23.4 Å². The van der Waals surface area contributed by atoms with Crippen molar-refractivity contribution < 1.29 is 19.2 Å². The molecule has 1 amide bonds. The number of carbonyl (C=O) groups is 2. The van der Waals surface area contributed by atoms with E-state index in [1.165, 1.54) is 12.1 Å². The molecular formula is C16H13ClN2O5. The van der Waals surface area contributed by atoms with Gasteiger partial charge in [-0.15, -0.1) is 0 Å². The summed E-state index contributed by atoms with van der Waals surface area (Å²) < 4.78 is 4.86. The molecule has 0 aromatic heterocycles. The van der Waals surface area contributed by atoms with E-state index in [4.69, 9.17) is 16.3 Å². The van der Waals surface area contributed by atoms with Gasteiger partial charge in [-0.2, -0.15) is 0 Å². The lowest BCUT2D eigenvalue weighted by molar-refractivity contribution is -0.385. The lowest BCUT2D eigenvalue weighted by atomic mass is 10.1. The molecule has 0 aliphatic rings. The molecule has 0 fully saturated rings. The number of nitro groups is 1. The second-order valence-corrected chi connectivity index (χ2v) is 5.33. The summed E-state index contributed by atoms with van der Waals surface area (Å²) in [6.45, 7) is 1.04. The minimum atomic E-state index is -0.820. The Morgan fingerprint density at radius 1 is 1.25 bits per heavy atom. The molecule has 124 valence electrons. The molecule has 0 unspecified atom stereocenters. The lowest BCUT2D eigenvalue weighted by Gasteiger charge is -2.07. The summed E-state index contributed by atoms with van der Waals surface area (Å²) in [7, 11) is 0. The number of halogens is 1. The number of nitrogens with zero attached hydrogens (tertiary/aromatic N) is 1. The van der Waals surface area contributed by atoms with E-state index >= 15 is 0 Å². The fourth-order valence-corrected chi connectivity index (χ4v) is 2.10. The van der Waals surface area contributed by atoms with Crippen molar-refractivity contribution in [3.05, 3.63) is 68.7 Å². The Bertz CT molecular complexity index is 807. The zero-order valence-electron chi connectivity index (χ0n) is 12.6. The van der Waals surface area contributed by atoms with Gasteiger partial charge in [0.15, 0.2) is 6.61 Å². The number of nitrogens with one attached hydrogen (secondary N) is 1.